The van der Waals surface area contributed by atoms with Gasteiger partial charge >= 0.3 is 0 Å². The Hall–Kier alpha value is -3.82. The van der Waals surface area contributed by atoms with Gasteiger partial charge in [0.1, 0.15) is 0 Å². The van der Waals surface area contributed by atoms with Crippen LogP contribution in [0.25, 0.3) is 45.2 Å². The molecule has 0 aliphatic heterocycles. The van der Waals surface area contributed by atoms with Crippen molar-refractivity contribution >= 4 is 11.6 Å². The second-order valence-corrected chi connectivity index (χ2v) is 12.5. The minimum absolute atomic E-state index is 0.0901. The molecule has 2 heterocycles. The zero-order valence-corrected chi connectivity index (χ0v) is 24.2. The number of hydrogen-bond acceptors (Lipinski definition) is 3. The fourth-order valence-corrected chi connectivity index (χ4v) is 4.60. The molecule has 0 amide bonds. The average molecular weight is 532 g/mol. The molecule has 196 valence electrons. The predicted octanol–water partition coefficient (Wildman–Crippen LogP) is 9.79. The van der Waals surface area contributed by atoms with E-state index in [1.807, 2.05) is 42.6 Å². The van der Waals surface area contributed by atoms with E-state index in [0.29, 0.717) is 10.8 Å². The number of hydrogen-bond donors (Lipinski definition) is 0. The topological polar surface area (TPSA) is 38.7 Å². The van der Waals surface area contributed by atoms with Gasteiger partial charge in [-0.1, -0.05) is 114 Å². The first-order valence-electron chi connectivity index (χ1n) is 13.3. The van der Waals surface area contributed by atoms with Crippen molar-refractivity contribution < 1.29 is 0 Å². The van der Waals surface area contributed by atoms with Crippen LogP contribution in [0.15, 0.2) is 97.2 Å². The third-order valence-corrected chi connectivity index (χ3v) is 7.23. The third-order valence-electron chi connectivity index (χ3n) is 6.98. The lowest BCUT2D eigenvalue weighted by atomic mass is 9.86. The molecule has 3 aromatic carbocycles. The summed E-state index contributed by atoms with van der Waals surface area (Å²) in [5, 5.41) is 0.708. The fourth-order valence-electron chi connectivity index (χ4n) is 4.47. The molecule has 3 nitrogen and oxygen atoms in total. The molecule has 0 fully saturated rings. The van der Waals surface area contributed by atoms with E-state index in [2.05, 4.69) is 96.1 Å². The van der Waals surface area contributed by atoms with E-state index in [1.165, 1.54) is 11.1 Å². The lowest BCUT2D eigenvalue weighted by Gasteiger charge is -2.19. The zero-order chi connectivity index (χ0) is 27.8. The summed E-state index contributed by atoms with van der Waals surface area (Å²) in [6, 6.07) is 31.2. The Morgan fingerprint density at radius 3 is 1.31 bits per heavy atom. The van der Waals surface area contributed by atoms with Gasteiger partial charge in [0, 0.05) is 33.5 Å². The van der Waals surface area contributed by atoms with E-state index in [4.69, 9.17) is 26.6 Å². The summed E-state index contributed by atoms with van der Waals surface area (Å²) in [7, 11) is 0. The minimum Gasteiger partial charge on any atom is -0.255 e. The standard InChI is InChI=1S/C35H34ClN3/c1-34(2,3)27-14-7-24(8-15-27)31-21-32(25-9-16-28(17-10-25)35(4,5)6)39-33(38-31)26-13-20-30(37-22-26)23-11-18-29(36)19-12-23/h7-22H,1-6H3. The molecule has 0 atom stereocenters. The van der Waals surface area contributed by atoms with Gasteiger partial charge in [0.15, 0.2) is 5.82 Å². The molecular weight excluding hydrogens is 498 g/mol. The molecule has 0 N–H and O–H groups in total. The summed E-state index contributed by atoms with van der Waals surface area (Å²) in [6.07, 6.45) is 1.85. The summed E-state index contributed by atoms with van der Waals surface area (Å²) in [4.78, 5) is 14.7. The molecular formula is C35H34ClN3. The van der Waals surface area contributed by atoms with E-state index in [1.54, 1.807) is 0 Å². The molecule has 0 unspecified atom stereocenters. The Bertz CT molecular complexity index is 1500. The lowest BCUT2D eigenvalue weighted by molar-refractivity contribution is 0.590. The summed E-state index contributed by atoms with van der Waals surface area (Å²) in [5.41, 5.74) is 9.42. The maximum atomic E-state index is 6.06. The van der Waals surface area contributed by atoms with E-state index < -0.39 is 0 Å². The summed E-state index contributed by atoms with van der Waals surface area (Å²) in [6.45, 7) is 13.4. The number of aromatic nitrogens is 3. The highest BCUT2D eigenvalue weighted by atomic mass is 35.5. The SMILES string of the molecule is CC(C)(C)c1ccc(-c2cc(-c3ccc(C(C)(C)C)cc3)nc(-c3ccc(-c4ccc(Cl)cc4)nc3)n2)cc1. The Labute approximate surface area is 237 Å². The van der Waals surface area contributed by atoms with Crippen molar-refractivity contribution in [3.8, 4) is 45.2 Å². The van der Waals surface area contributed by atoms with Crippen molar-refractivity contribution in [2.45, 2.75) is 52.4 Å². The number of rotatable bonds is 4. The molecule has 2 aromatic heterocycles. The molecule has 5 aromatic rings. The van der Waals surface area contributed by atoms with Crippen molar-refractivity contribution in [2.75, 3.05) is 0 Å². The molecule has 0 aliphatic rings. The number of pyridine rings is 1. The van der Waals surface area contributed by atoms with Crippen molar-refractivity contribution in [3.63, 3.8) is 0 Å². The average Bonchev–Trinajstić information content (AvgIpc) is 2.92. The fraction of sp³-hybridized carbons (Fsp3) is 0.229. The molecule has 4 heteroatoms. The van der Waals surface area contributed by atoms with Gasteiger partial charge in [-0.3, -0.25) is 4.98 Å². The van der Waals surface area contributed by atoms with Gasteiger partial charge in [0.05, 0.1) is 17.1 Å². The van der Waals surface area contributed by atoms with E-state index in [-0.39, 0.29) is 10.8 Å². The van der Waals surface area contributed by atoms with E-state index in [0.717, 1.165) is 39.3 Å². The molecule has 0 bridgehead atoms. The highest BCUT2D eigenvalue weighted by Crippen LogP contribution is 2.31. The van der Waals surface area contributed by atoms with Crippen LogP contribution in [0.3, 0.4) is 0 Å². The number of nitrogens with zero attached hydrogens (tertiary/aromatic N) is 3. The van der Waals surface area contributed by atoms with Crippen LogP contribution >= 0.6 is 11.6 Å². The Morgan fingerprint density at radius 2 is 0.897 bits per heavy atom. The van der Waals surface area contributed by atoms with Crippen LogP contribution in [0.2, 0.25) is 5.02 Å². The quantitative estimate of drug-likeness (QED) is 0.231. The Balaban J connectivity index is 1.58. The molecule has 5 rings (SSSR count). The highest BCUT2D eigenvalue weighted by molar-refractivity contribution is 6.30. The van der Waals surface area contributed by atoms with Crippen LogP contribution in [-0.2, 0) is 10.8 Å². The predicted molar refractivity (Wildman–Crippen MR) is 164 cm³/mol. The highest BCUT2D eigenvalue weighted by Gasteiger charge is 2.17. The van der Waals surface area contributed by atoms with E-state index in [9.17, 15) is 0 Å². The van der Waals surface area contributed by atoms with Crippen LogP contribution in [-0.4, -0.2) is 15.0 Å². The first kappa shape index (κ1) is 26.8. The Kier molecular flexibility index (Phi) is 7.13. The van der Waals surface area contributed by atoms with Gasteiger partial charge in [-0.15, -0.1) is 0 Å². The van der Waals surface area contributed by atoms with Crippen molar-refractivity contribution in [1.82, 2.24) is 15.0 Å². The molecule has 0 spiro atoms. The van der Waals surface area contributed by atoms with Crippen LogP contribution in [0.5, 0.6) is 0 Å². The first-order chi connectivity index (χ1) is 18.5. The lowest BCUT2D eigenvalue weighted by Crippen LogP contribution is -2.10. The second kappa shape index (κ2) is 10.4. The molecule has 0 radical (unpaired) electrons. The largest absolute Gasteiger partial charge is 0.255 e. The van der Waals surface area contributed by atoms with Gasteiger partial charge in [-0.05, 0) is 52.3 Å². The monoisotopic (exact) mass is 531 g/mol. The van der Waals surface area contributed by atoms with Crippen molar-refractivity contribution in [2.24, 2.45) is 0 Å². The summed E-state index contributed by atoms with van der Waals surface area (Å²) < 4.78 is 0. The van der Waals surface area contributed by atoms with Gasteiger partial charge in [-0.25, -0.2) is 9.97 Å². The number of benzene rings is 3. The van der Waals surface area contributed by atoms with Crippen LogP contribution in [0.1, 0.15) is 52.7 Å². The molecule has 0 aliphatic carbocycles. The normalized spacial score (nSPS) is 12.0. The van der Waals surface area contributed by atoms with Gasteiger partial charge in [0.2, 0.25) is 0 Å². The molecule has 39 heavy (non-hydrogen) atoms. The maximum absolute atomic E-state index is 6.06. The van der Waals surface area contributed by atoms with Gasteiger partial charge in [0.25, 0.3) is 0 Å². The first-order valence-corrected chi connectivity index (χ1v) is 13.7. The molecule has 0 saturated heterocycles. The van der Waals surface area contributed by atoms with Crippen molar-refractivity contribution in [1.29, 1.82) is 0 Å². The Morgan fingerprint density at radius 1 is 0.487 bits per heavy atom. The maximum Gasteiger partial charge on any atom is 0.161 e. The van der Waals surface area contributed by atoms with E-state index >= 15 is 0 Å². The van der Waals surface area contributed by atoms with Gasteiger partial charge in [-0.2, -0.15) is 0 Å². The van der Waals surface area contributed by atoms with Gasteiger partial charge < -0.3 is 0 Å². The van der Waals surface area contributed by atoms with Crippen LogP contribution in [0.4, 0.5) is 0 Å². The summed E-state index contributed by atoms with van der Waals surface area (Å²) >= 11 is 6.06. The smallest absolute Gasteiger partial charge is 0.161 e. The van der Waals surface area contributed by atoms with Crippen LogP contribution in [0, 0.1) is 0 Å². The van der Waals surface area contributed by atoms with Crippen LogP contribution < -0.4 is 0 Å². The minimum atomic E-state index is 0.0901. The van der Waals surface area contributed by atoms with Crippen molar-refractivity contribution in [3.05, 3.63) is 113 Å². The molecule has 0 saturated carbocycles. The third kappa shape index (κ3) is 6.10. The zero-order valence-electron chi connectivity index (χ0n) is 23.5. The number of halogens is 1. The summed E-state index contributed by atoms with van der Waals surface area (Å²) in [5.74, 6) is 0.650. The second-order valence-electron chi connectivity index (χ2n) is 12.1.